The molecule has 0 unspecified atom stereocenters. The van der Waals surface area contributed by atoms with E-state index in [1.165, 1.54) is 22.6 Å². The number of hydrogen-bond acceptors (Lipinski definition) is 4. The van der Waals surface area contributed by atoms with Gasteiger partial charge in [-0.15, -0.1) is 11.3 Å². The third-order valence-corrected chi connectivity index (χ3v) is 4.60. The van der Waals surface area contributed by atoms with E-state index < -0.39 is 0 Å². The first kappa shape index (κ1) is 13.9. The van der Waals surface area contributed by atoms with Crippen molar-refractivity contribution in [1.82, 2.24) is 9.97 Å². The summed E-state index contributed by atoms with van der Waals surface area (Å²) in [7, 11) is 0. The van der Waals surface area contributed by atoms with Gasteiger partial charge in [0.1, 0.15) is 22.3 Å². The maximum Gasteiger partial charge on any atom is 0.143 e. The van der Waals surface area contributed by atoms with E-state index in [0.29, 0.717) is 0 Å². The molecule has 1 N–H and O–H groups in total. The summed E-state index contributed by atoms with van der Waals surface area (Å²) in [6.07, 6.45) is 0.782. The number of benzene rings is 1. The number of nitrogens with one attached hydrogen (secondary N) is 1. The van der Waals surface area contributed by atoms with E-state index in [1.807, 2.05) is 6.92 Å². The number of nitrogens with zero attached hydrogens (tertiary/aromatic N) is 2. The van der Waals surface area contributed by atoms with E-state index in [0.717, 1.165) is 34.0 Å². The minimum Gasteiger partial charge on any atom is -0.340 e. The lowest BCUT2D eigenvalue weighted by Gasteiger charge is -2.09. The molecule has 0 bridgehead atoms. The highest BCUT2D eigenvalue weighted by atomic mass is 32.1. The Bertz CT molecular complexity index is 793. The van der Waals surface area contributed by atoms with Gasteiger partial charge in [0.15, 0.2) is 0 Å². The Hall–Kier alpha value is -2.01. The molecule has 0 aliphatic rings. The molecular formula is C16H16FN3S. The Morgan fingerprint density at radius 1 is 1.14 bits per heavy atom. The lowest BCUT2D eigenvalue weighted by atomic mass is 10.2. The van der Waals surface area contributed by atoms with Gasteiger partial charge in [0, 0.05) is 17.0 Å². The summed E-state index contributed by atoms with van der Waals surface area (Å²) in [6, 6.07) is 6.30. The van der Waals surface area contributed by atoms with Crippen LogP contribution in [-0.4, -0.2) is 9.97 Å². The second-order valence-corrected chi connectivity index (χ2v) is 6.14. The van der Waals surface area contributed by atoms with Gasteiger partial charge in [-0.3, -0.25) is 0 Å². The number of fused-ring (bicyclic) bond motifs is 1. The average molecular weight is 301 g/mol. The summed E-state index contributed by atoms with van der Waals surface area (Å²) in [6.45, 7) is 6.21. The van der Waals surface area contributed by atoms with E-state index >= 15 is 0 Å². The smallest absolute Gasteiger partial charge is 0.143 e. The number of thiophene rings is 1. The van der Waals surface area contributed by atoms with Gasteiger partial charge in [-0.25, -0.2) is 14.4 Å². The maximum atomic E-state index is 13.0. The molecule has 3 nitrogen and oxygen atoms in total. The fourth-order valence-corrected chi connectivity index (χ4v) is 3.26. The van der Waals surface area contributed by atoms with Crippen LogP contribution in [0.3, 0.4) is 0 Å². The van der Waals surface area contributed by atoms with Crippen molar-refractivity contribution < 1.29 is 4.39 Å². The summed E-state index contributed by atoms with van der Waals surface area (Å²) >= 11 is 1.68. The zero-order valence-corrected chi connectivity index (χ0v) is 13.0. The molecule has 1 aromatic carbocycles. The van der Waals surface area contributed by atoms with Crippen molar-refractivity contribution in [2.24, 2.45) is 0 Å². The molecule has 0 radical (unpaired) electrons. The van der Waals surface area contributed by atoms with Crippen molar-refractivity contribution in [3.8, 4) is 0 Å². The molecule has 2 heterocycles. The van der Waals surface area contributed by atoms with Gasteiger partial charge in [0.25, 0.3) is 0 Å². The molecule has 0 fully saturated rings. The standard InChI is InChI=1S/C16H16FN3S/c1-4-13-19-15(18-12-7-5-11(17)6-8-12)14-9(2)10(3)21-16(14)20-13/h5-8H,4H2,1-3H3,(H,18,19,20). The van der Waals surface area contributed by atoms with Crippen LogP contribution in [0.2, 0.25) is 0 Å². The first-order valence-electron chi connectivity index (χ1n) is 6.87. The Balaban J connectivity index is 2.13. The van der Waals surface area contributed by atoms with Crippen LogP contribution in [0.4, 0.5) is 15.9 Å². The summed E-state index contributed by atoms with van der Waals surface area (Å²) in [5.41, 5.74) is 2.02. The molecule has 0 spiro atoms. The van der Waals surface area contributed by atoms with Gasteiger partial charge in [-0.2, -0.15) is 0 Å². The van der Waals surface area contributed by atoms with E-state index in [9.17, 15) is 4.39 Å². The largest absolute Gasteiger partial charge is 0.340 e. The number of halogens is 1. The lowest BCUT2D eigenvalue weighted by Crippen LogP contribution is -2.00. The van der Waals surface area contributed by atoms with E-state index in [2.05, 4.69) is 29.1 Å². The minimum atomic E-state index is -0.245. The Labute approximate surface area is 126 Å². The van der Waals surface area contributed by atoms with Crippen LogP contribution in [0.25, 0.3) is 10.2 Å². The normalized spacial score (nSPS) is 11.0. The molecule has 0 aliphatic heterocycles. The highest BCUT2D eigenvalue weighted by molar-refractivity contribution is 7.18. The zero-order valence-electron chi connectivity index (χ0n) is 12.2. The van der Waals surface area contributed by atoms with E-state index in [4.69, 9.17) is 0 Å². The second kappa shape index (κ2) is 5.41. The quantitative estimate of drug-likeness (QED) is 0.758. The minimum absolute atomic E-state index is 0.245. The van der Waals surface area contributed by atoms with Crippen LogP contribution < -0.4 is 5.32 Å². The van der Waals surface area contributed by atoms with Gasteiger partial charge >= 0.3 is 0 Å². The molecule has 0 saturated carbocycles. The van der Waals surface area contributed by atoms with Crippen LogP contribution in [0.1, 0.15) is 23.2 Å². The predicted molar refractivity (Wildman–Crippen MR) is 85.9 cm³/mol. The molecule has 0 amide bonds. The first-order chi connectivity index (χ1) is 10.1. The van der Waals surface area contributed by atoms with E-state index in [1.54, 1.807) is 23.5 Å². The maximum absolute atomic E-state index is 13.0. The number of anilines is 2. The van der Waals surface area contributed by atoms with Crippen molar-refractivity contribution in [1.29, 1.82) is 0 Å². The van der Waals surface area contributed by atoms with Gasteiger partial charge < -0.3 is 5.32 Å². The van der Waals surface area contributed by atoms with Gasteiger partial charge in [-0.1, -0.05) is 6.92 Å². The fraction of sp³-hybridized carbons (Fsp3) is 0.250. The molecule has 5 heteroatoms. The molecular weight excluding hydrogens is 285 g/mol. The second-order valence-electron chi connectivity index (χ2n) is 4.94. The average Bonchev–Trinajstić information content (AvgIpc) is 2.76. The SMILES string of the molecule is CCc1nc(Nc2ccc(F)cc2)c2c(C)c(C)sc2n1. The molecule has 3 rings (SSSR count). The Kier molecular flexibility index (Phi) is 3.59. The van der Waals surface area contributed by atoms with Crippen molar-refractivity contribution in [3.05, 3.63) is 46.3 Å². The molecule has 2 aromatic heterocycles. The van der Waals surface area contributed by atoms with Crippen molar-refractivity contribution >= 4 is 33.1 Å². The molecule has 108 valence electrons. The highest BCUT2D eigenvalue weighted by Gasteiger charge is 2.14. The van der Waals surface area contributed by atoms with Crippen LogP contribution in [0.5, 0.6) is 0 Å². The fourth-order valence-electron chi connectivity index (χ4n) is 2.21. The molecule has 0 atom stereocenters. The van der Waals surface area contributed by atoms with Gasteiger partial charge in [0.05, 0.1) is 5.39 Å². The number of aromatic nitrogens is 2. The first-order valence-corrected chi connectivity index (χ1v) is 7.69. The third kappa shape index (κ3) is 2.61. The van der Waals surface area contributed by atoms with Gasteiger partial charge in [0.2, 0.25) is 0 Å². The van der Waals surface area contributed by atoms with E-state index in [-0.39, 0.29) is 5.82 Å². The Morgan fingerprint density at radius 2 is 1.86 bits per heavy atom. The van der Waals surface area contributed by atoms with Crippen molar-refractivity contribution in [2.75, 3.05) is 5.32 Å². The van der Waals surface area contributed by atoms with Crippen molar-refractivity contribution in [3.63, 3.8) is 0 Å². The monoisotopic (exact) mass is 301 g/mol. The van der Waals surface area contributed by atoms with Crippen LogP contribution in [0, 0.1) is 19.7 Å². The van der Waals surface area contributed by atoms with Crippen LogP contribution in [-0.2, 0) is 6.42 Å². The third-order valence-electron chi connectivity index (χ3n) is 3.50. The molecule has 0 saturated heterocycles. The number of aryl methyl sites for hydroxylation is 3. The topological polar surface area (TPSA) is 37.8 Å². The number of hydrogen-bond donors (Lipinski definition) is 1. The molecule has 0 aliphatic carbocycles. The summed E-state index contributed by atoms with van der Waals surface area (Å²) < 4.78 is 13.0. The van der Waals surface area contributed by atoms with Crippen molar-refractivity contribution in [2.45, 2.75) is 27.2 Å². The summed E-state index contributed by atoms with van der Waals surface area (Å²) in [4.78, 5) is 11.4. The van der Waals surface area contributed by atoms with Gasteiger partial charge in [-0.05, 0) is 43.7 Å². The predicted octanol–water partition coefficient (Wildman–Crippen LogP) is 4.75. The highest BCUT2D eigenvalue weighted by Crippen LogP contribution is 2.34. The summed E-state index contributed by atoms with van der Waals surface area (Å²) in [5.74, 6) is 1.36. The molecule has 3 aromatic rings. The zero-order chi connectivity index (χ0) is 15.0. The Morgan fingerprint density at radius 3 is 2.52 bits per heavy atom. The van der Waals surface area contributed by atoms with Crippen LogP contribution >= 0.6 is 11.3 Å². The number of rotatable bonds is 3. The summed E-state index contributed by atoms with van der Waals surface area (Å²) in [5, 5.41) is 4.35. The van der Waals surface area contributed by atoms with Crippen LogP contribution in [0.15, 0.2) is 24.3 Å². The lowest BCUT2D eigenvalue weighted by molar-refractivity contribution is 0.628. The molecule has 21 heavy (non-hydrogen) atoms.